The molecule has 27 heavy (non-hydrogen) atoms. The van der Waals surface area contributed by atoms with E-state index in [9.17, 15) is 9.59 Å². The van der Waals surface area contributed by atoms with Gasteiger partial charge in [0.1, 0.15) is 11.5 Å². The molecule has 0 spiro atoms. The van der Waals surface area contributed by atoms with Crippen LogP contribution in [0.25, 0.3) is 0 Å². The highest BCUT2D eigenvalue weighted by atomic mass is 28.4. The average molecular weight is 403 g/mol. The summed E-state index contributed by atoms with van der Waals surface area (Å²) in [5, 5.41) is 0. The van der Waals surface area contributed by atoms with Crippen LogP contribution in [0.15, 0.2) is 48.5 Å². The van der Waals surface area contributed by atoms with Crippen LogP contribution in [0.5, 0.6) is 11.5 Å². The number of carbonyl (C=O) groups excluding carboxylic acids is 2. The third-order valence-electron chi connectivity index (χ3n) is 3.21. The zero-order valence-electron chi connectivity index (χ0n) is 16.7. The third-order valence-corrected chi connectivity index (χ3v) is 4.91. The lowest BCUT2D eigenvalue weighted by atomic mass is 10.2. The number of benzene rings is 2. The Bertz CT molecular complexity index is 731. The predicted molar refractivity (Wildman–Crippen MR) is 111 cm³/mol. The van der Waals surface area contributed by atoms with Crippen LogP contribution < -0.4 is 8.85 Å². The topological polar surface area (TPSA) is 61.8 Å². The van der Waals surface area contributed by atoms with Crippen molar-refractivity contribution >= 4 is 28.6 Å². The summed E-state index contributed by atoms with van der Waals surface area (Å²) in [6.07, 6.45) is 0. The normalized spacial score (nSPS) is 11.6. The van der Waals surface area contributed by atoms with Gasteiger partial charge in [0.15, 0.2) is 0 Å². The van der Waals surface area contributed by atoms with E-state index in [2.05, 4.69) is 39.3 Å². The van der Waals surface area contributed by atoms with E-state index in [1.165, 1.54) is 0 Å². The minimum atomic E-state index is -1.71. The van der Waals surface area contributed by atoms with Crippen LogP contribution in [-0.4, -0.2) is 28.6 Å². The van der Waals surface area contributed by atoms with Gasteiger partial charge in [-0.15, -0.1) is 0 Å². The second kappa shape index (κ2) is 8.10. The highest BCUT2D eigenvalue weighted by molar-refractivity contribution is 6.70. The Kier molecular flexibility index (Phi) is 6.28. The molecular formula is C20H26O5Si2. The van der Waals surface area contributed by atoms with Gasteiger partial charge in [0.05, 0.1) is 11.1 Å². The summed E-state index contributed by atoms with van der Waals surface area (Å²) >= 11 is 0. The predicted octanol–water partition coefficient (Wildman–Crippen LogP) is 5.11. The van der Waals surface area contributed by atoms with Crippen molar-refractivity contribution in [2.24, 2.45) is 0 Å². The molecule has 0 N–H and O–H groups in total. The summed E-state index contributed by atoms with van der Waals surface area (Å²) in [6.45, 7) is 12.5. The first-order valence-corrected chi connectivity index (χ1v) is 15.6. The summed E-state index contributed by atoms with van der Waals surface area (Å²) in [4.78, 5) is 24.4. The van der Waals surface area contributed by atoms with E-state index in [4.69, 9.17) is 13.6 Å². The van der Waals surface area contributed by atoms with E-state index in [1.807, 2.05) is 0 Å². The number of carbonyl (C=O) groups is 2. The van der Waals surface area contributed by atoms with Gasteiger partial charge >= 0.3 is 11.9 Å². The van der Waals surface area contributed by atoms with Gasteiger partial charge in [-0.2, -0.15) is 0 Å². The number of rotatable bonds is 6. The Morgan fingerprint density at radius 2 is 0.889 bits per heavy atom. The molecule has 0 fully saturated rings. The van der Waals surface area contributed by atoms with Gasteiger partial charge in [-0.05, 0) is 87.8 Å². The van der Waals surface area contributed by atoms with Crippen molar-refractivity contribution in [3.8, 4) is 11.5 Å². The number of hydrogen-bond donors (Lipinski definition) is 0. The summed E-state index contributed by atoms with van der Waals surface area (Å²) in [6, 6.07) is 13.2. The molecule has 7 heteroatoms. The molecule has 2 aromatic rings. The molecule has 144 valence electrons. The van der Waals surface area contributed by atoms with E-state index >= 15 is 0 Å². The van der Waals surface area contributed by atoms with Crippen molar-refractivity contribution in [2.45, 2.75) is 39.3 Å². The zero-order chi connectivity index (χ0) is 20.2. The van der Waals surface area contributed by atoms with Crippen LogP contribution >= 0.6 is 0 Å². The molecule has 0 atom stereocenters. The standard InChI is InChI=1S/C20H26O5Si2/c1-26(2,3)24-17-11-7-15(8-12-17)19(21)23-20(22)16-9-13-18(14-10-16)25-27(4,5)6/h7-14H,1-6H3. The van der Waals surface area contributed by atoms with Crippen molar-refractivity contribution in [3.63, 3.8) is 0 Å². The van der Waals surface area contributed by atoms with E-state index in [1.54, 1.807) is 48.5 Å². The lowest BCUT2D eigenvalue weighted by Crippen LogP contribution is -2.29. The highest BCUT2D eigenvalue weighted by Crippen LogP contribution is 2.19. The third kappa shape index (κ3) is 7.03. The molecule has 0 heterocycles. The van der Waals surface area contributed by atoms with Gasteiger partial charge in [-0.25, -0.2) is 9.59 Å². The first kappa shape index (κ1) is 20.9. The summed E-state index contributed by atoms with van der Waals surface area (Å²) in [5.74, 6) is 0.0222. The smallest absolute Gasteiger partial charge is 0.346 e. The monoisotopic (exact) mass is 402 g/mol. The van der Waals surface area contributed by atoms with Crippen molar-refractivity contribution in [2.75, 3.05) is 0 Å². The Morgan fingerprint density at radius 1 is 0.593 bits per heavy atom. The number of ether oxygens (including phenoxy) is 1. The minimum Gasteiger partial charge on any atom is -0.544 e. The van der Waals surface area contributed by atoms with Crippen LogP contribution in [-0.2, 0) is 4.74 Å². The van der Waals surface area contributed by atoms with Crippen LogP contribution in [0.1, 0.15) is 20.7 Å². The van der Waals surface area contributed by atoms with E-state index in [0.717, 1.165) is 0 Å². The van der Waals surface area contributed by atoms with Gasteiger partial charge in [-0.1, -0.05) is 0 Å². The van der Waals surface area contributed by atoms with Crippen LogP contribution in [0, 0.1) is 0 Å². The highest BCUT2D eigenvalue weighted by Gasteiger charge is 2.19. The number of hydrogen-bond acceptors (Lipinski definition) is 5. The lowest BCUT2D eigenvalue weighted by molar-refractivity contribution is 0.0398. The molecule has 0 aromatic heterocycles. The van der Waals surface area contributed by atoms with E-state index in [0.29, 0.717) is 22.6 Å². The fourth-order valence-electron chi connectivity index (χ4n) is 2.23. The van der Waals surface area contributed by atoms with Crippen LogP contribution in [0.3, 0.4) is 0 Å². The zero-order valence-corrected chi connectivity index (χ0v) is 18.7. The lowest BCUT2D eigenvalue weighted by Gasteiger charge is -2.19. The summed E-state index contributed by atoms with van der Waals surface area (Å²) < 4.78 is 16.6. The minimum absolute atomic E-state index is 0.296. The maximum absolute atomic E-state index is 12.2. The van der Waals surface area contributed by atoms with Crippen molar-refractivity contribution in [1.82, 2.24) is 0 Å². The Hall–Kier alpha value is -2.39. The second-order valence-electron chi connectivity index (χ2n) is 8.15. The molecule has 0 unspecified atom stereocenters. The van der Waals surface area contributed by atoms with Gasteiger partial charge in [0.2, 0.25) is 16.6 Å². The molecule has 0 bridgehead atoms. The van der Waals surface area contributed by atoms with E-state index in [-0.39, 0.29) is 0 Å². The SMILES string of the molecule is C[Si](C)(C)Oc1ccc(C(=O)OC(=O)c2ccc(O[Si](C)(C)C)cc2)cc1. The number of esters is 2. The molecule has 0 saturated carbocycles. The average Bonchev–Trinajstić information content (AvgIpc) is 2.53. The summed E-state index contributed by atoms with van der Waals surface area (Å²) in [7, 11) is -3.42. The maximum atomic E-state index is 12.2. The molecule has 0 radical (unpaired) electrons. The molecule has 2 aromatic carbocycles. The first-order chi connectivity index (χ1) is 12.4. The van der Waals surface area contributed by atoms with Gasteiger partial charge < -0.3 is 13.6 Å². The van der Waals surface area contributed by atoms with Crippen molar-refractivity contribution in [1.29, 1.82) is 0 Å². The molecule has 2 rings (SSSR count). The van der Waals surface area contributed by atoms with Gasteiger partial charge in [0, 0.05) is 0 Å². The van der Waals surface area contributed by atoms with Crippen molar-refractivity contribution in [3.05, 3.63) is 59.7 Å². The molecule has 0 aliphatic heterocycles. The van der Waals surface area contributed by atoms with Gasteiger partial charge in [-0.3, -0.25) is 0 Å². The molecule has 0 aliphatic rings. The summed E-state index contributed by atoms with van der Waals surface area (Å²) in [5.41, 5.74) is 0.593. The molecule has 5 nitrogen and oxygen atoms in total. The maximum Gasteiger partial charge on any atom is 0.346 e. The van der Waals surface area contributed by atoms with E-state index < -0.39 is 28.6 Å². The first-order valence-electron chi connectivity index (χ1n) is 8.78. The van der Waals surface area contributed by atoms with Crippen LogP contribution in [0.2, 0.25) is 39.3 Å². The molecule has 0 amide bonds. The Morgan fingerprint density at radius 3 is 1.15 bits per heavy atom. The fraction of sp³-hybridized carbons (Fsp3) is 0.300. The van der Waals surface area contributed by atoms with Gasteiger partial charge in [0.25, 0.3) is 0 Å². The molecular weight excluding hydrogens is 376 g/mol. The van der Waals surface area contributed by atoms with Crippen LogP contribution in [0.4, 0.5) is 0 Å². The fourth-order valence-corrected chi connectivity index (χ4v) is 3.91. The largest absolute Gasteiger partial charge is 0.544 e. The Balaban J connectivity index is 1.99. The van der Waals surface area contributed by atoms with Crippen molar-refractivity contribution < 1.29 is 23.2 Å². The molecule has 0 saturated heterocycles. The Labute approximate surface area is 162 Å². The quantitative estimate of drug-likeness (QED) is 0.382. The second-order valence-corrected chi connectivity index (χ2v) is 17.0. The molecule has 0 aliphatic carbocycles.